The summed E-state index contributed by atoms with van der Waals surface area (Å²) in [6.07, 6.45) is -12.0. The van der Waals surface area contributed by atoms with Gasteiger partial charge in [-0.15, -0.1) is 0 Å². The van der Waals surface area contributed by atoms with Crippen molar-refractivity contribution < 1.29 is 89.4 Å². The van der Waals surface area contributed by atoms with Gasteiger partial charge < -0.3 is 89.9 Å². The Morgan fingerprint density at radius 1 is 0.636 bits per heavy atom. The molecule has 55 heavy (non-hydrogen) atoms. The SMILES string of the molecule is CCCCCC/C=C/CC/C=C/C(O)C(COC1OC(CO)C(OC2OC(CO)C(OC3OC(CO)C(O)C(O)C3O)C(O)C2O)C(O)C1O)NC(=O)CC. The van der Waals surface area contributed by atoms with Gasteiger partial charge in [-0.1, -0.05) is 57.4 Å². The van der Waals surface area contributed by atoms with Crippen molar-refractivity contribution >= 4 is 5.91 Å². The summed E-state index contributed by atoms with van der Waals surface area (Å²) in [7, 11) is 0. The molecule has 17 atom stereocenters. The molecule has 3 saturated heterocycles. The van der Waals surface area contributed by atoms with E-state index in [1.54, 1.807) is 13.0 Å². The van der Waals surface area contributed by atoms with E-state index in [4.69, 9.17) is 28.4 Å². The maximum absolute atomic E-state index is 12.2. The van der Waals surface area contributed by atoms with Gasteiger partial charge >= 0.3 is 0 Å². The van der Waals surface area contributed by atoms with Crippen LogP contribution >= 0.6 is 0 Å². The van der Waals surface area contributed by atoms with Crippen LogP contribution in [0.2, 0.25) is 0 Å². The summed E-state index contributed by atoms with van der Waals surface area (Å²) in [5.74, 6) is -0.380. The molecule has 0 saturated carbocycles. The van der Waals surface area contributed by atoms with Gasteiger partial charge in [0.2, 0.25) is 5.91 Å². The number of aliphatic hydroxyl groups is 11. The largest absolute Gasteiger partial charge is 0.394 e. The minimum atomic E-state index is -1.97. The second kappa shape index (κ2) is 24.3. The van der Waals surface area contributed by atoms with Gasteiger partial charge in [-0.05, 0) is 25.7 Å². The minimum absolute atomic E-state index is 0.115. The van der Waals surface area contributed by atoms with Crippen LogP contribution in [-0.2, 0) is 33.2 Å². The van der Waals surface area contributed by atoms with Crippen molar-refractivity contribution in [2.75, 3.05) is 26.4 Å². The highest BCUT2D eigenvalue weighted by atomic mass is 16.8. The van der Waals surface area contributed by atoms with E-state index in [1.807, 2.05) is 0 Å². The summed E-state index contributed by atoms with van der Waals surface area (Å²) in [5.41, 5.74) is 0. The van der Waals surface area contributed by atoms with E-state index in [1.165, 1.54) is 25.3 Å². The Kier molecular flexibility index (Phi) is 21.0. The highest BCUT2D eigenvalue weighted by Crippen LogP contribution is 2.32. The molecule has 0 radical (unpaired) electrons. The van der Waals surface area contributed by atoms with E-state index in [2.05, 4.69) is 24.4 Å². The lowest BCUT2D eigenvalue weighted by Gasteiger charge is -2.48. The number of ether oxygens (including phenoxy) is 6. The normalized spacial score (nSPS) is 38.4. The van der Waals surface area contributed by atoms with E-state index >= 15 is 0 Å². The van der Waals surface area contributed by atoms with Crippen LogP contribution in [-0.4, -0.2) is 193 Å². The molecule has 0 bridgehead atoms. The molecule has 19 nitrogen and oxygen atoms in total. The zero-order valence-corrected chi connectivity index (χ0v) is 31.4. The zero-order valence-electron chi connectivity index (χ0n) is 31.4. The molecule has 17 unspecified atom stereocenters. The summed E-state index contributed by atoms with van der Waals surface area (Å²) in [5, 5.41) is 117. The van der Waals surface area contributed by atoms with E-state index in [9.17, 15) is 61.0 Å². The lowest BCUT2D eigenvalue weighted by molar-refractivity contribution is -0.379. The predicted octanol–water partition coefficient (Wildman–Crippen LogP) is -3.43. The first-order valence-electron chi connectivity index (χ1n) is 19.1. The van der Waals surface area contributed by atoms with Crippen molar-refractivity contribution in [2.24, 2.45) is 0 Å². The van der Waals surface area contributed by atoms with Crippen molar-refractivity contribution in [3.63, 3.8) is 0 Å². The Morgan fingerprint density at radius 3 is 1.71 bits per heavy atom. The average molecular weight is 798 g/mol. The Balaban J connectivity index is 1.60. The average Bonchev–Trinajstić information content (AvgIpc) is 3.18. The van der Waals surface area contributed by atoms with Gasteiger partial charge in [0.25, 0.3) is 0 Å². The molecule has 3 heterocycles. The summed E-state index contributed by atoms with van der Waals surface area (Å²) < 4.78 is 33.5. The molecular formula is C36H63NO18. The lowest BCUT2D eigenvalue weighted by atomic mass is 9.96. The maximum Gasteiger partial charge on any atom is 0.220 e. The molecule has 3 aliphatic heterocycles. The molecule has 12 N–H and O–H groups in total. The van der Waals surface area contributed by atoms with Crippen molar-refractivity contribution in [2.45, 2.75) is 169 Å². The third-order valence-corrected chi connectivity index (χ3v) is 9.82. The van der Waals surface area contributed by atoms with Gasteiger partial charge in [0.05, 0.1) is 38.6 Å². The quantitative estimate of drug-likeness (QED) is 0.0375. The van der Waals surface area contributed by atoms with E-state index < -0.39 is 124 Å². The fourth-order valence-corrected chi connectivity index (χ4v) is 6.40. The van der Waals surface area contributed by atoms with Gasteiger partial charge in [-0.25, -0.2) is 0 Å². The number of carbonyl (C=O) groups excluding carboxylic acids is 1. The number of hydrogen-bond acceptors (Lipinski definition) is 18. The molecule has 19 heteroatoms. The number of amides is 1. The molecule has 3 fully saturated rings. The second-order valence-corrected chi connectivity index (χ2v) is 14.0. The fraction of sp³-hybridized carbons (Fsp3) is 0.861. The zero-order chi connectivity index (χ0) is 40.7. The van der Waals surface area contributed by atoms with Crippen LogP contribution in [0.5, 0.6) is 0 Å². The van der Waals surface area contributed by atoms with Crippen LogP contribution in [0.3, 0.4) is 0 Å². The van der Waals surface area contributed by atoms with Crippen LogP contribution in [0.25, 0.3) is 0 Å². The van der Waals surface area contributed by atoms with Crippen LogP contribution in [0.4, 0.5) is 0 Å². The van der Waals surface area contributed by atoms with Crippen LogP contribution in [0.15, 0.2) is 24.3 Å². The first-order valence-corrected chi connectivity index (χ1v) is 19.1. The van der Waals surface area contributed by atoms with Gasteiger partial charge in [-0.2, -0.15) is 0 Å². The van der Waals surface area contributed by atoms with Gasteiger partial charge in [0, 0.05) is 6.42 Å². The number of carbonyl (C=O) groups is 1. The highest BCUT2D eigenvalue weighted by molar-refractivity contribution is 5.75. The van der Waals surface area contributed by atoms with Crippen LogP contribution < -0.4 is 5.32 Å². The standard InChI is InChI=1S/C36H63NO18/c1-3-5-6-7-8-9-10-11-12-13-14-20(41)19(37-24(42)4-2)18-50-34-30(48)27(45)32(22(16-39)52-34)55-36-31(49)28(46)33(23(17-40)53-36)54-35-29(47)26(44)25(43)21(15-38)51-35/h9-10,13-14,19-23,25-36,38-41,43-49H,3-8,11-12,15-18H2,1-2H3,(H,37,42)/b10-9+,14-13+. The Bertz CT molecular complexity index is 1140. The summed E-state index contributed by atoms with van der Waals surface area (Å²) >= 11 is 0. The van der Waals surface area contributed by atoms with Crippen molar-refractivity contribution in [3.8, 4) is 0 Å². The fourth-order valence-electron chi connectivity index (χ4n) is 6.40. The van der Waals surface area contributed by atoms with Crippen LogP contribution in [0, 0.1) is 0 Å². The highest BCUT2D eigenvalue weighted by Gasteiger charge is 2.53. The summed E-state index contributed by atoms with van der Waals surface area (Å²) in [4.78, 5) is 12.2. The molecule has 3 rings (SSSR count). The van der Waals surface area contributed by atoms with Crippen LogP contribution in [0.1, 0.15) is 65.2 Å². The molecular weight excluding hydrogens is 734 g/mol. The number of allylic oxidation sites excluding steroid dienone is 3. The predicted molar refractivity (Wildman–Crippen MR) is 189 cm³/mol. The van der Waals surface area contributed by atoms with Crippen molar-refractivity contribution in [1.82, 2.24) is 5.32 Å². The summed E-state index contributed by atoms with van der Waals surface area (Å²) in [6.45, 7) is 0.988. The topological polar surface area (TPSA) is 307 Å². The molecule has 0 aromatic carbocycles. The van der Waals surface area contributed by atoms with E-state index in [0.29, 0.717) is 6.42 Å². The molecule has 0 spiro atoms. The number of aliphatic hydroxyl groups excluding tert-OH is 11. The summed E-state index contributed by atoms with van der Waals surface area (Å²) in [6, 6.07) is -0.979. The number of unbranched alkanes of at least 4 members (excludes halogenated alkanes) is 5. The maximum atomic E-state index is 12.2. The third-order valence-electron chi connectivity index (χ3n) is 9.82. The third kappa shape index (κ3) is 13.4. The molecule has 0 aromatic rings. The van der Waals surface area contributed by atoms with Gasteiger partial charge in [0.15, 0.2) is 18.9 Å². The van der Waals surface area contributed by atoms with Crippen molar-refractivity contribution in [1.29, 1.82) is 0 Å². The monoisotopic (exact) mass is 797 g/mol. The number of hydrogen-bond donors (Lipinski definition) is 12. The number of nitrogens with one attached hydrogen (secondary N) is 1. The van der Waals surface area contributed by atoms with Gasteiger partial charge in [0.1, 0.15) is 73.2 Å². The molecule has 320 valence electrons. The molecule has 3 aliphatic rings. The van der Waals surface area contributed by atoms with Crippen molar-refractivity contribution in [3.05, 3.63) is 24.3 Å². The Labute approximate surface area is 320 Å². The Morgan fingerprint density at radius 2 is 1.15 bits per heavy atom. The second-order valence-electron chi connectivity index (χ2n) is 14.0. The molecule has 1 amide bonds. The van der Waals surface area contributed by atoms with Gasteiger partial charge in [-0.3, -0.25) is 4.79 Å². The lowest BCUT2D eigenvalue weighted by Crippen LogP contribution is -2.66. The number of rotatable bonds is 22. The van der Waals surface area contributed by atoms with E-state index in [0.717, 1.165) is 19.3 Å². The van der Waals surface area contributed by atoms with E-state index in [-0.39, 0.29) is 18.9 Å². The first-order chi connectivity index (χ1) is 26.3. The smallest absolute Gasteiger partial charge is 0.220 e. The molecule has 0 aliphatic carbocycles. The first kappa shape index (κ1) is 47.6. The Hall–Kier alpha value is -1.73. The minimum Gasteiger partial charge on any atom is -0.394 e. The molecule has 0 aromatic heterocycles.